The maximum absolute atomic E-state index is 11.5. The maximum Gasteiger partial charge on any atom is 0.317 e. The van der Waals surface area contributed by atoms with Crippen molar-refractivity contribution in [2.24, 2.45) is 0 Å². The molecule has 0 saturated heterocycles. The molecular weight excluding hydrogens is 196 g/mol. The van der Waals surface area contributed by atoms with Crippen molar-refractivity contribution in [1.82, 2.24) is 10.2 Å². The Balaban J connectivity index is 2.44. The highest BCUT2D eigenvalue weighted by molar-refractivity contribution is 5.74. The fourth-order valence-corrected chi connectivity index (χ4v) is 1.16. The highest BCUT2D eigenvalue weighted by Crippen LogP contribution is 2.12. The molecule has 1 atom stereocenters. The number of nitrogens with zero attached hydrogens (tertiary/aromatic N) is 1. The van der Waals surface area contributed by atoms with Gasteiger partial charge in [0.2, 0.25) is 0 Å². The van der Waals surface area contributed by atoms with Gasteiger partial charge in [0, 0.05) is 13.6 Å². The zero-order chi connectivity index (χ0) is 11.3. The summed E-state index contributed by atoms with van der Waals surface area (Å²) < 4.78 is 5.15. The van der Waals surface area contributed by atoms with Crippen LogP contribution >= 0.6 is 0 Å². The Hall–Kier alpha value is -1.49. The number of amides is 2. The molecule has 0 aliphatic rings. The molecule has 0 fully saturated rings. The Kier molecular flexibility index (Phi) is 4.17. The third-order valence-corrected chi connectivity index (χ3v) is 2.09. The Labute approximate surface area is 88.7 Å². The number of likely N-dealkylation sites (N-methyl/N-ethyl adjacent to an activating group) is 1. The van der Waals surface area contributed by atoms with E-state index in [1.807, 2.05) is 6.92 Å². The third kappa shape index (κ3) is 3.28. The summed E-state index contributed by atoms with van der Waals surface area (Å²) in [7, 11) is 1.63. The molecule has 5 nitrogen and oxygen atoms in total. The molecule has 0 bridgehead atoms. The van der Waals surface area contributed by atoms with E-state index in [9.17, 15) is 4.79 Å². The van der Waals surface area contributed by atoms with Crippen molar-refractivity contribution >= 4 is 6.03 Å². The molecule has 0 saturated carbocycles. The Morgan fingerprint density at radius 3 is 3.00 bits per heavy atom. The van der Waals surface area contributed by atoms with Crippen LogP contribution in [0.3, 0.4) is 0 Å². The van der Waals surface area contributed by atoms with Gasteiger partial charge in [-0.1, -0.05) is 0 Å². The van der Waals surface area contributed by atoms with Crippen molar-refractivity contribution in [1.29, 1.82) is 0 Å². The molecule has 1 heterocycles. The van der Waals surface area contributed by atoms with E-state index >= 15 is 0 Å². The molecule has 2 N–H and O–H groups in total. The largest absolute Gasteiger partial charge is 0.467 e. The van der Waals surface area contributed by atoms with E-state index in [2.05, 4.69) is 5.32 Å². The zero-order valence-electron chi connectivity index (χ0n) is 8.93. The van der Waals surface area contributed by atoms with Crippen LogP contribution in [0.5, 0.6) is 0 Å². The molecule has 1 aromatic heterocycles. The topological polar surface area (TPSA) is 65.7 Å². The summed E-state index contributed by atoms with van der Waals surface area (Å²) in [5.41, 5.74) is 0. The summed E-state index contributed by atoms with van der Waals surface area (Å²) in [5, 5.41) is 11.4. The minimum absolute atomic E-state index is 0.0426. The van der Waals surface area contributed by atoms with E-state index in [1.54, 1.807) is 25.4 Å². The number of hydrogen-bond donors (Lipinski definition) is 2. The number of aliphatic hydroxyl groups is 1. The normalized spacial score (nSPS) is 12.2. The third-order valence-electron chi connectivity index (χ3n) is 2.09. The Morgan fingerprint density at radius 1 is 1.73 bits per heavy atom. The Bertz CT molecular complexity index is 298. The lowest BCUT2D eigenvalue weighted by atomic mass is 10.2. The number of aliphatic hydroxyl groups excluding tert-OH is 1. The van der Waals surface area contributed by atoms with E-state index in [0.29, 0.717) is 12.3 Å². The summed E-state index contributed by atoms with van der Waals surface area (Å²) in [4.78, 5) is 12.9. The van der Waals surface area contributed by atoms with Crippen molar-refractivity contribution in [3.8, 4) is 0 Å². The molecule has 15 heavy (non-hydrogen) atoms. The van der Waals surface area contributed by atoms with E-state index < -0.39 is 0 Å². The lowest BCUT2D eigenvalue weighted by molar-refractivity contribution is 0.186. The predicted molar refractivity (Wildman–Crippen MR) is 55.4 cm³/mol. The molecule has 1 aromatic rings. The minimum Gasteiger partial charge on any atom is -0.467 e. The predicted octanol–water partition coefficient (Wildman–Crippen LogP) is 0.974. The second-order valence-electron chi connectivity index (χ2n) is 3.33. The maximum atomic E-state index is 11.5. The minimum atomic E-state index is -0.229. The van der Waals surface area contributed by atoms with Crippen molar-refractivity contribution in [2.75, 3.05) is 20.2 Å². The van der Waals surface area contributed by atoms with Crippen LogP contribution in [0.2, 0.25) is 0 Å². The van der Waals surface area contributed by atoms with Gasteiger partial charge in [-0.2, -0.15) is 0 Å². The summed E-state index contributed by atoms with van der Waals surface area (Å²) >= 11 is 0. The van der Waals surface area contributed by atoms with E-state index in [-0.39, 0.29) is 18.7 Å². The van der Waals surface area contributed by atoms with Gasteiger partial charge >= 0.3 is 6.03 Å². The first kappa shape index (κ1) is 11.6. The lowest BCUT2D eigenvalue weighted by Crippen LogP contribution is -2.39. The molecule has 0 radical (unpaired) electrons. The lowest BCUT2D eigenvalue weighted by Gasteiger charge is -2.19. The number of carbonyl (C=O) groups excluding carboxylic acids is 1. The first-order valence-electron chi connectivity index (χ1n) is 4.81. The van der Waals surface area contributed by atoms with Crippen LogP contribution in [0, 0.1) is 0 Å². The van der Waals surface area contributed by atoms with Crippen molar-refractivity contribution in [2.45, 2.75) is 13.0 Å². The van der Waals surface area contributed by atoms with E-state index in [4.69, 9.17) is 9.52 Å². The van der Waals surface area contributed by atoms with Gasteiger partial charge in [0.15, 0.2) is 0 Å². The molecule has 1 unspecified atom stereocenters. The van der Waals surface area contributed by atoms with E-state index in [0.717, 1.165) is 0 Å². The van der Waals surface area contributed by atoms with Gasteiger partial charge in [-0.3, -0.25) is 0 Å². The summed E-state index contributed by atoms with van der Waals surface area (Å²) in [6.45, 7) is 2.11. The number of carbonyl (C=O) groups is 1. The van der Waals surface area contributed by atoms with Crippen molar-refractivity contribution in [3.05, 3.63) is 24.2 Å². The highest BCUT2D eigenvalue weighted by Gasteiger charge is 2.14. The van der Waals surface area contributed by atoms with Gasteiger partial charge in [-0.25, -0.2) is 4.79 Å². The molecule has 2 amide bonds. The average Bonchev–Trinajstić information content (AvgIpc) is 2.70. The molecule has 0 aliphatic heterocycles. The summed E-state index contributed by atoms with van der Waals surface area (Å²) in [5.74, 6) is 0.709. The molecular formula is C10H16N2O3. The van der Waals surface area contributed by atoms with Gasteiger partial charge in [-0.05, 0) is 19.1 Å². The standard InChI is InChI=1S/C10H16N2O3/c1-8(9-4-3-7-15-9)11-10(14)12(2)5-6-13/h3-4,7-8,13H,5-6H2,1-2H3,(H,11,14). The van der Waals surface area contributed by atoms with Crippen LogP contribution < -0.4 is 5.32 Å². The van der Waals surface area contributed by atoms with Gasteiger partial charge in [0.1, 0.15) is 5.76 Å². The highest BCUT2D eigenvalue weighted by atomic mass is 16.3. The van der Waals surface area contributed by atoms with Crippen molar-refractivity contribution in [3.63, 3.8) is 0 Å². The molecule has 1 rings (SSSR count). The van der Waals surface area contributed by atoms with Crippen molar-refractivity contribution < 1.29 is 14.3 Å². The number of rotatable bonds is 4. The van der Waals surface area contributed by atoms with Gasteiger partial charge < -0.3 is 19.7 Å². The SMILES string of the molecule is CC(NC(=O)N(C)CCO)c1ccco1. The smallest absolute Gasteiger partial charge is 0.317 e. The fourth-order valence-electron chi connectivity index (χ4n) is 1.16. The molecule has 0 spiro atoms. The second-order valence-corrected chi connectivity index (χ2v) is 3.33. The fraction of sp³-hybridized carbons (Fsp3) is 0.500. The number of nitrogens with one attached hydrogen (secondary N) is 1. The van der Waals surface area contributed by atoms with Crippen LogP contribution in [0.1, 0.15) is 18.7 Å². The van der Waals surface area contributed by atoms with Gasteiger partial charge in [-0.15, -0.1) is 0 Å². The number of hydrogen-bond acceptors (Lipinski definition) is 3. The first-order chi connectivity index (χ1) is 7.15. The first-order valence-corrected chi connectivity index (χ1v) is 4.81. The molecule has 0 aromatic carbocycles. The van der Waals surface area contributed by atoms with Gasteiger partial charge in [0.25, 0.3) is 0 Å². The zero-order valence-corrected chi connectivity index (χ0v) is 8.93. The Morgan fingerprint density at radius 2 is 2.47 bits per heavy atom. The molecule has 0 aliphatic carbocycles. The molecule has 84 valence electrons. The molecule has 5 heteroatoms. The van der Waals surface area contributed by atoms with Crippen LogP contribution in [-0.4, -0.2) is 36.2 Å². The van der Waals surface area contributed by atoms with Crippen LogP contribution in [0.4, 0.5) is 4.79 Å². The van der Waals surface area contributed by atoms with Crippen LogP contribution in [-0.2, 0) is 0 Å². The second kappa shape index (κ2) is 5.41. The van der Waals surface area contributed by atoms with Crippen LogP contribution in [0.15, 0.2) is 22.8 Å². The van der Waals surface area contributed by atoms with Crippen LogP contribution in [0.25, 0.3) is 0 Å². The number of furan rings is 1. The summed E-state index contributed by atoms with van der Waals surface area (Å²) in [6, 6.07) is 3.17. The average molecular weight is 212 g/mol. The quantitative estimate of drug-likeness (QED) is 0.781. The van der Waals surface area contributed by atoms with E-state index in [1.165, 1.54) is 4.90 Å². The van der Waals surface area contributed by atoms with Gasteiger partial charge in [0.05, 0.1) is 18.9 Å². The number of urea groups is 1. The summed E-state index contributed by atoms with van der Waals surface area (Å²) in [6.07, 6.45) is 1.56. The monoisotopic (exact) mass is 212 g/mol.